The van der Waals surface area contributed by atoms with E-state index in [9.17, 15) is 4.79 Å². The van der Waals surface area contributed by atoms with Crippen molar-refractivity contribution in [1.29, 1.82) is 0 Å². The molecule has 3 aromatic rings. The zero-order valence-electron chi connectivity index (χ0n) is 13.3. The SMILES string of the molecule is O=C(NC[C@H]1C[C@]12CCc1ccccc12)c1ccc2nncn2c1. The molecule has 2 aliphatic rings. The molecule has 1 fully saturated rings. The molecule has 0 bridgehead atoms. The van der Waals surface area contributed by atoms with Crippen molar-refractivity contribution in [3.05, 3.63) is 65.6 Å². The summed E-state index contributed by atoms with van der Waals surface area (Å²) in [6.45, 7) is 0.743. The fraction of sp³-hybridized carbons (Fsp3) is 0.316. The van der Waals surface area contributed by atoms with Crippen molar-refractivity contribution in [1.82, 2.24) is 19.9 Å². The summed E-state index contributed by atoms with van der Waals surface area (Å²) in [5.74, 6) is 0.530. The smallest absolute Gasteiger partial charge is 0.252 e. The lowest BCUT2D eigenvalue weighted by Crippen LogP contribution is -2.27. The average Bonchev–Trinajstić information content (AvgIpc) is 2.93. The molecule has 120 valence electrons. The number of nitrogens with one attached hydrogen (secondary N) is 1. The van der Waals surface area contributed by atoms with Crippen LogP contribution in [0.15, 0.2) is 48.9 Å². The summed E-state index contributed by atoms with van der Waals surface area (Å²) in [5, 5.41) is 10.9. The van der Waals surface area contributed by atoms with Crippen molar-refractivity contribution in [3.63, 3.8) is 0 Å². The summed E-state index contributed by atoms with van der Waals surface area (Å²) in [6, 6.07) is 12.4. The highest BCUT2D eigenvalue weighted by Crippen LogP contribution is 2.61. The molecule has 5 nitrogen and oxygen atoms in total. The number of fused-ring (bicyclic) bond motifs is 3. The largest absolute Gasteiger partial charge is 0.352 e. The van der Waals surface area contributed by atoms with Crippen LogP contribution in [0.25, 0.3) is 5.65 Å². The lowest BCUT2D eigenvalue weighted by molar-refractivity contribution is 0.0950. The molecule has 24 heavy (non-hydrogen) atoms. The topological polar surface area (TPSA) is 59.3 Å². The number of nitrogens with zero attached hydrogens (tertiary/aromatic N) is 3. The first-order valence-corrected chi connectivity index (χ1v) is 8.42. The van der Waals surface area contributed by atoms with Gasteiger partial charge in [0.05, 0.1) is 5.56 Å². The Bertz CT molecular complexity index is 947. The van der Waals surface area contributed by atoms with E-state index in [2.05, 4.69) is 39.8 Å². The van der Waals surface area contributed by atoms with E-state index < -0.39 is 0 Å². The van der Waals surface area contributed by atoms with E-state index in [1.807, 2.05) is 6.07 Å². The van der Waals surface area contributed by atoms with Crippen LogP contribution in [0, 0.1) is 5.92 Å². The van der Waals surface area contributed by atoms with Crippen LogP contribution in [-0.2, 0) is 11.8 Å². The van der Waals surface area contributed by atoms with Gasteiger partial charge in [-0.05, 0) is 48.4 Å². The molecule has 0 unspecified atom stereocenters. The molecule has 0 aliphatic heterocycles. The van der Waals surface area contributed by atoms with Gasteiger partial charge >= 0.3 is 0 Å². The van der Waals surface area contributed by atoms with Gasteiger partial charge in [0.15, 0.2) is 5.65 Å². The normalized spacial score (nSPS) is 24.2. The zero-order valence-corrected chi connectivity index (χ0v) is 13.3. The van der Waals surface area contributed by atoms with Crippen LogP contribution in [0.5, 0.6) is 0 Å². The number of aromatic nitrogens is 3. The summed E-state index contributed by atoms with van der Waals surface area (Å²) in [7, 11) is 0. The molecule has 1 amide bonds. The van der Waals surface area contributed by atoms with Gasteiger partial charge < -0.3 is 5.32 Å². The van der Waals surface area contributed by atoms with Crippen LogP contribution in [-0.4, -0.2) is 27.0 Å². The molecule has 5 heteroatoms. The number of pyridine rings is 1. The van der Waals surface area contributed by atoms with Crippen molar-refractivity contribution in [2.75, 3.05) is 6.54 Å². The molecular weight excluding hydrogens is 300 g/mol. The minimum absolute atomic E-state index is 0.0288. The van der Waals surface area contributed by atoms with Gasteiger partial charge in [-0.15, -0.1) is 10.2 Å². The molecule has 2 heterocycles. The molecule has 1 saturated carbocycles. The van der Waals surface area contributed by atoms with Gasteiger partial charge in [-0.1, -0.05) is 24.3 Å². The van der Waals surface area contributed by atoms with Crippen molar-refractivity contribution in [2.45, 2.75) is 24.7 Å². The number of carbonyl (C=O) groups is 1. The van der Waals surface area contributed by atoms with Crippen LogP contribution in [0.1, 0.15) is 34.3 Å². The van der Waals surface area contributed by atoms with Crippen molar-refractivity contribution < 1.29 is 4.79 Å². The highest BCUT2D eigenvalue weighted by Gasteiger charge is 2.57. The van der Waals surface area contributed by atoms with Gasteiger partial charge in [0.25, 0.3) is 5.91 Å². The molecule has 1 spiro atoms. The quantitative estimate of drug-likeness (QED) is 0.806. The van der Waals surface area contributed by atoms with Crippen LogP contribution >= 0.6 is 0 Å². The zero-order chi connectivity index (χ0) is 16.1. The lowest BCUT2D eigenvalue weighted by atomic mass is 9.95. The van der Waals surface area contributed by atoms with E-state index >= 15 is 0 Å². The summed E-state index contributed by atoms with van der Waals surface area (Å²) < 4.78 is 1.76. The Morgan fingerprint density at radius 1 is 1.29 bits per heavy atom. The van der Waals surface area contributed by atoms with E-state index in [0.29, 0.717) is 16.9 Å². The Hall–Kier alpha value is -2.69. The van der Waals surface area contributed by atoms with E-state index in [1.54, 1.807) is 23.0 Å². The maximum atomic E-state index is 12.4. The van der Waals surface area contributed by atoms with Crippen molar-refractivity contribution in [2.24, 2.45) is 5.92 Å². The Morgan fingerprint density at radius 3 is 3.17 bits per heavy atom. The van der Waals surface area contributed by atoms with Crippen molar-refractivity contribution >= 4 is 11.6 Å². The second kappa shape index (κ2) is 4.90. The third-order valence-electron chi connectivity index (χ3n) is 5.69. The molecule has 1 aromatic carbocycles. The van der Waals surface area contributed by atoms with E-state index in [0.717, 1.165) is 12.2 Å². The number of aryl methyl sites for hydroxylation is 1. The van der Waals surface area contributed by atoms with Gasteiger partial charge in [0.2, 0.25) is 0 Å². The van der Waals surface area contributed by atoms with Gasteiger partial charge in [0, 0.05) is 18.2 Å². The first kappa shape index (κ1) is 13.7. The van der Waals surface area contributed by atoms with Crippen LogP contribution in [0.4, 0.5) is 0 Å². The van der Waals surface area contributed by atoms with Crippen LogP contribution < -0.4 is 5.32 Å². The lowest BCUT2D eigenvalue weighted by Gasteiger charge is -2.12. The number of hydrogen-bond acceptors (Lipinski definition) is 3. The predicted octanol–water partition coefficient (Wildman–Crippen LogP) is 2.36. The second-order valence-corrected chi connectivity index (χ2v) is 6.94. The number of benzene rings is 1. The monoisotopic (exact) mass is 318 g/mol. The Kier molecular flexibility index (Phi) is 2.80. The second-order valence-electron chi connectivity index (χ2n) is 6.94. The molecule has 0 radical (unpaired) electrons. The molecule has 1 N–H and O–H groups in total. The highest BCUT2D eigenvalue weighted by molar-refractivity contribution is 5.94. The van der Waals surface area contributed by atoms with Gasteiger partial charge in [-0.25, -0.2) is 0 Å². The Labute approximate surface area is 139 Å². The van der Waals surface area contributed by atoms with E-state index in [-0.39, 0.29) is 5.91 Å². The summed E-state index contributed by atoms with van der Waals surface area (Å²) in [4.78, 5) is 12.4. The van der Waals surface area contributed by atoms with Gasteiger partial charge in [-0.2, -0.15) is 0 Å². The predicted molar refractivity (Wildman–Crippen MR) is 89.9 cm³/mol. The third kappa shape index (κ3) is 1.97. The highest BCUT2D eigenvalue weighted by atomic mass is 16.1. The van der Waals surface area contributed by atoms with E-state index in [4.69, 9.17) is 0 Å². The minimum atomic E-state index is -0.0288. The molecule has 2 aliphatic carbocycles. The molecule has 2 aromatic heterocycles. The maximum absolute atomic E-state index is 12.4. The fourth-order valence-corrected chi connectivity index (χ4v) is 4.28. The average molecular weight is 318 g/mol. The third-order valence-corrected chi connectivity index (χ3v) is 5.69. The molecule has 5 rings (SSSR count). The number of hydrogen-bond donors (Lipinski definition) is 1. The van der Waals surface area contributed by atoms with Crippen LogP contribution in [0.3, 0.4) is 0 Å². The molecule has 0 saturated heterocycles. The first-order chi connectivity index (χ1) is 11.8. The Morgan fingerprint density at radius 2 is 2.21 bits per heavy atom. The minimum Gasteiger partial charge on any atom is -0.352 e. The maximum Gasteiger partial charge on any atom is 0.252 e. The standard InChI is InChI=1S/C19H18N4O/c24-18(14-5-6-17-22-21-12-23(17)11-14)20-10-15-9-19(15)8-7-13-3-1-2-4-16(13)19/h1-6,11-12,15H,7-10H2,(H,20,24)/t15-,19-/m1/s1. The van der Waals surface area contributed by atoms with Crippen molar-refractivity contribution in [3.8, 4) is 0 Å². The Balaban J connectivity index is 1.28. The fourth-order valence-electron chi connectivity index (χ4n) is 4.28. The molecule has 2 atom stereocenters. The molecular formula is C19H18N4O. The first-order valence-electron chi connectivity index (χ1n) is 8.42. The summed E-state index contributed by atoms with van der Waals surface area (Å²) in [5.41, 5.74) is 4.71. The number of carbonyl (C=O) groups excluding carboxylic acids is 1. The van der Waals surface area contributed by atoms with Crippen LogP contribution in [0.2, 0.25) is 0 Å². The number of rotatable bonds is 3. The number of amides is 1. The summed E-state index contributed by atoms with van der Waals surface area (Å²) >= 11 is 0. The van der Waals surface area contributed by atoms with Gasteiger partial charge in [0.1, 0.15) is 6.33 Å². The summed E-state index contributed by atoms with van der Waals surface area (Å²) in [6.07, 6.45) is 6.97. The van der Waals surface area contributed by atoms with E-state index in [1.165, 1.54) is 30.4 Å². The van der Waals surface area contributed by atoms with Gasteiger partial charge in [-0.3, -0.25) is 9.20 Å².